The minimum absolute atomic E-state index is 0.828. The minimum Gasteiger partial charge on any atom is -0.493 e. The van der Waals surface area contributed by atoms with E-state index < -0.39 is 0 Å². The van der Waals surface area contributed by atoms with Crippen LogP contribution in [0, 0.1) is 0 Å². The molecule has 0 bridgehead atoms. The van der Waals surface area contributed by atoms with Gasteiger partial charge >= 0.3 is 0 Å². The molecule has 1 unspecified atom stereocenters. The number of fused-ring (bicyclic) bond motifs is 1. The molecule has 3 rings (SSSR count). The van der Waals surface area contributed by atoms with Gasteiger partial charge in [0, 0.05) is 6.42 Å². The van der Waals surface area contributed by atoms with Crippen molar-refractivity contribution in [1.29, 1.82) is 0 Å². The number of likely N-dealkylation sites (tertiary alicyclic amines) is 1. The first-order valence-corrected chi connectivity index (χ1v) is 8.29. The maximum Gasteiger partial charge on any atom is 0.119 e. The lowest BCUT2D eigenvalue weighted by molar-refractivity contribution is -0.928. The smallest absolute Gasteiger partial charge is 0.119 e. The van der Waals surface area contributed by atoms with Crippen molar-refractivity contribution >= 4 is 10.8 Å². The van der Waals surface area contributed by atoms with Crippen LogP contribution < -0.4 is 9.64 Å². The summed E-state index contributed by atoms with van der Waals surface area (Å²) >= 11 is 0. The van der Waals surface area contributed by atoms with E-state index in [0.29, 0.717) is 0 Å². The highest BCUT2D eigenvalue weighted by Gasteiger charge is 2.20. The van der Waals surface area contributed by atoms with Gasteiger partial charge in [-0.15, -0.1) is 0 Å². The molecule has 2 nitrogen and oxygen atoms in total. The van der Waals surface area contributed by atoms with Crippen LogP contribution >= 0.6 is 0 Å². The van der Waals surface area contributed by atoms with Crippen molar-refractivity contribution in [1.82, 2.24) is 0 Å². The molecule has 0 aromatic heterocycles. The first kappa shape index (κ1) is 14.4. The Labute approximate surface area is 127 Å². The van der Waals surface area contributed by atoms with Gasteiger partial charge in [-0.3, -0.25) is 0 Å². The summed E-state index contributed by atoms with van der Waals surface area (Å²) in [5, 5.41) is 2.53. The summed E-state index contributed by atoms with van der Waals surface area (Å²) in [7, 11) is 0. The Morgan fingerprint density at radius 2 is 1.95 bits per heavy atom. The molecule has 2 heteroatoms. The number of piperidine rings is 1. The summed E-state index contributed by atoms with van der Waals surface area (Å²) in [6, 6.07) is 15.6. The van der Waals surface area contributed by atoms with Gasteiger partial charge < -0.3 is 9.64 Å². The maximum absolute atomic E-state index is 5.93. The van der Waals surface area contributed by atoms with Crippen LogP contribution in [0.4, 0.5) is 0 Å². The number of benzene rings is 2. The molecule has 1 aliphatic rings. The van der Waals surface area contributed by atoms with Crippen LogP contribution in [0.3, 0.4) is 0 Å². The number of hydrogen-bond acceptors (Lipinski definition) is 1. The highest BCUT2D eigenvalue weighted by molar-refractivity contribution is 5.83. The average molecular weight is 284 g/mol. The Hall–Kier alpha value is -1.54. The van der Waals surface area contributed by atoms with E-state index in [4.69, 9.17) is 4.74 Å². The fourth-order valence-corrected chi connectivity index (χ4v) is 3.37. The first-order chi connectivity index (χ1) is 10.3. The van der Waals surface area contributed by atoms with Gasteiger partial charge in [-0.25, -0.2) is 0 Å². The van der Waals surface area contributed by atoms with Gasteiger partial charge in [0.25, 0.3) is 0 Å². The normalized spacial score (nSPS) is 22.3. The van der Waals surface area contributed by atoms with E-state index in [2.05, 4.69) is 49.4 Å². The molecule has 1 fully saturated rings. The van der Waals surface area contributed by atoms with Crippen molar-refractivity contribution < 1.29 is 9.64 Å². The molecular formula is C19H26NO+. The third kappa shape index (κ3) is 3.76. The van der Waals surface area contributed by atoms with Gasteiger partial charge in [-0.1, -0.05) is 30.3 Å². The molecule has 0 spiro atoms. The number of rotatable bonds is 5. The molecule has 2 atom stereocenters. The Morgan fingerprint density at radius 1 is 1.10 bits per heavy atom. The summed E-state index contributed by atoms with van der Waals surface area (Å²) in [6.07, 6.45) is 5.34. The van der Waals surface area contributed by atoms with Gasteiger partial charge in [0.1, 0.15) is 5.75 Å². The monoisotopic (exact) mass is 284 g/mol. The number of nitrogens with one attached hydrogen (secondary N) is 1. The van der Waals surface area contributed by atoms with Crippen LogP contribution in [-0.2, 0) is 0 Å². The average Bonchev–Trinajstić information content (AvgIpc) is 2.53. The molecule has 1 saturated heterocycles. The lowest BCUT2D eigenvalue weighted by Gasteiger charge is -2.30. The summed E-state index contributed by atoms with van der Waals surface area (Å²) < 4.78 is 5.93. The molecule has 0 saturated carbocycles. The van der Waals surface area contributed by atoms with Crippen molar-refractivity contribution in [3.63, 3.8) is 0 Å². The van der Waals surface area contributed by atoms with Gasteiger partial charge in [-0.05, 0) is 49.1 Å². The fourth-order valence-electron chi connectivity index (χ4n) is 3.37. The summed E-state index contributed by atoms with van der Waals surface area (Å²) in [4.78, 5) is 1.77. The van der Waals surface area contributed by atoms with E-state index in [1.165, 1.54) is 43.1 Å². The lowest BCUT2D eigenvalue weighted by Crippen LogP contribution is -3.16. The van der Waals surface area contributed by atoms with E-state index in [9.17, 15) is 0 Å². The summed E-state index contributed by atoms with van der Waals surface area (Å²) in [5.41, 5.74) is 0. The van der Waals surface area contributed by atoms with Gasteiger partial charge in [0.2, 0.25) is 0 Å². The molecule has 1 N–H and O–H groups in total. The van der Waals surface area contributed by atoms with Gasteiger partial charge in [-0.2, -0.15) is 0 Å². The SMILES string of the molecule is C[C@H]1CCCC[NH+]1CCCOc1ccc2ccccc2c1. The second kappa shape index (κ2) is 6.95. The van der Waals surface area contributed by atoms with Gasteiger partial charge in [0.15, 0.2) is 0 Å². The van der Waals surface area contributed by atoms with E-state index in [-0.39, 0.29) is 0 Å². The van der Waals surface area contributed by atoms with Crippen LogP contribution in [0.15, 0.2) is 42.5 Å². The zero-order valence-electron chi connectivity index (χ0n) is 13.0. The van der Waals surface area contributed by atoms with Crippen molar-refractivity contribution in [2.24, 2.45) is 0 Å². The topological polar surface area (TPSA) is 13.7 Å². The van der Waals surface area contributed by atoms with Crippen LogP contribution in [0.5, 0.6) is 5.75 Å². The summed E-state index contributed by atoms with van der Waals surface area (Å²) in [6.45, 7) is 5.80. The summed E-state index contributed by atoms with van der Waals surface area (Å²) in [5.74, 6) is 0.996. The molecule has 112 valence electrons. The van der Waals surface area contributed by atoms with Crippen LogP contribution in [0.2, 0.25) is 0 Å². The van der Waals surface area contributed by atoms with E-state index in [1.54, 1.807) is 4.90 Å². The van der Waals surface area contributed by atoms with E-state index in [0.717, 1.165) is 24.8 Å². The zero-order chi connectivity index (χ0) is 14.5. The Bertz CT molecular complexity index is 581. The standard InChI is InChI=1S/C19H25NO/c1-16-7-4-5-12-20(16)13-6-14-21-19-11-10-17-8-2-3-9-18(17)15-19/h2-3,8-11,15-16H,4-7,12-14H2,1H3/p+1/t16-/m0/s1. The van der Waals surface area contributed by atoms with Crippen molar-refractivity contribution in [3.05, 3.63) is 42.5 Å². The quantitative estimate of drug-likeness (QED) is 0.833. The second-order valence-corrected chi connectivity index (χ2v) is 6.27. The van der Waals surface area contributed by atoms with Crippen LogP contribution in [-0.4, -0.2) is 25.7 Å². The maximum atomic E-state index is 5.93. The van der Waals surface area contributed by atoms with Crippen LogP contribution in [0.25, 0.3) is 10.8 Å². The van der Waals surface area contributed by atoms with E-state index >= 15 is 0 Å². The number of quaternary nitrogens is 1. The first-order valence-electron chi connectivity index (χ1n) is 8.29. The van der Waals surface area contributed by atoms with Crippen molar-refractivity contribution in [3.8, 4) is 5.75 Å². The highest BCUT2D eigenvalue weighted by atomic mass is 16.5. The van der Waals surface area contributed by atoms with Crippen molar-refractivity contribution in [2.75, 3.05) is 19.7 Å². The fraction of sp³-hybridized carbons (Fsp3) is 0.474. The second-order valence-electron chi connectivity index (χ2n) is 6.27. The predicted molar refractivity (Wildman–Crippen MR) is 88.1 cm³/mol. The Morgan fingerprint density at radius 3 is 2.81 bits per heavy atom. The Balaban J connectivity index is 1.48. The third-order valence-corrected chi connectivity index (χ3v) is 4.71. The minimum atomic E-state index is 0.828. The number of ether oxygens (including phenoxy) is 1. The van der Waals surface area contributed by atoms with Crippen molar-refractivity contribution in [2.45, 2.75) is 38.6 Å². The molecule has 0 radical (unpaired) electrons. The van der Waals surface area contributed by atoms with Crippen LogP contribution in [0.1, 0.15) is 32.6 Å². The third-order valence-electron chi connectivity index (χ3n) is 4.71. The molecule has 1 aliphatic heterocycles. The van der Waals surface area contributed by atoms with Gasteiger partial charge in [0.05, 0.1) is 25.7 Å². The molecule has 21 heavy (non-hydrogen) atoms. The molecular weight excluding hydrogens is 258 g/mol. The largest absolute Gasteiger partial charge is 0.493 e. The Kier molecular flexibility index (Phi) is 4.76. The zero-order valence-corrected chi connectivity index (χ0v) is 13.0. The molecule has 1 heterocycles. The van der Waals surface area contributed by atoms with E-state index in [1.807, 2.05) is 0 Å². The number of hydrogen-bond donors (Lipinski definition) is 1. The highest BCUT2D eigenvalue weighted by Crippen LogP contribution is 2.20. The molecule has 0 aliphatic carbocycles. The molecule has 0 amide bonds. The predicted octanol–water partition coefficient (Wildman–Crippen LogP) is 3.07. The molecule has 2 aromatic rings. The molecule has 2 aromatic carbocycles. The lowest BCUT2D eigenvalue weighted by atomic mass is 10.0.